The van der Waals surface area contributed by atoms with E-state index in [4.69, 9.17) is 10.5 Å². The van der Waals surface area contributed by atoms with Crippen LogP contribution in [0.2, 0.25) is 0 Å². The predicted octanol–water partition coefficient (Wildman–Crippen LogP) is 2.68. The van der Waals surface area contributed by atoms with Crippen molar-refractivity contribution in [3.63, 3.8) is 0 Å². The molecule has 1 fully saturated rings. The highest BCUT2D eigenvalue weighted by Gasteiger charge is 2.46. The molecule has 0 aromatic heterocycles. The second-order valence-electron chi connectivity index (χ2n) is 6.63. The lowest BCUT2D eigenvalue weighted by molar-refractivity contribution is -0.130. The second-order valence-corrected chi connectivity index (χ2v) is 6.63. The summed E-state index contributed by atoms with van der Waals surface area (Å²) >= 11 is 0. The Morgan fingerprint density at radius 1 is 1.25 bits per heavy atom. The number of benzene rings is 1. The molecule has 0 spiro atoms. The Bertz CT molecular complexity index is 465. The van der Waals surface area contributed by atoms with Gasteiger partial charge in [0.2, 0.25) is 0 Å². The van der Waals surface area contributed by atoms with E-state index < -0.39 is 0 Å². The van der Waals surface area contributed by atoms with Crippen LogP contribution in [0.5, 0.6) is 0 Å². The third-order valence-corrected chi connectivity index (χ3v) is 5.36. The molecule has 1 aromatic carbocycles. The van der Waals surface area contributed by atoms with Crippen molar-refractivity contribution in [3.05, 3.63) is 35.4 Å². The van der Waals surface area contributed by atoms with E-state index in [0.29, 0.717) is 0 Å². The summed E-state index contributed by atoms with van der Waals surface area (Å²) in [5.74, 6) is 0. The van der Waals surface area contributed by atoms with Crippen molar-refractivity contribution >= 4 is 0 Å². The molecule has 1 saturated heterocycles. The molecule has 3 nitrogen and oxygen atoms in total. The van der Waals surface area contributed by atoms with Gasteiger partial charge in [-0.25, -0.2) is 0 Å². The van der Waals surface area contributed by atoms with Crippen LogP contribution in [0.1, 0.15) is 44.2 Å². The van der Waals surface area contributed by atoms with Gasteiger partial charge in [0.1, 0.15) is 0 Å². The summed E-state index contributed by atoms with van der Waals surface area (Å²) in [6.07, 6.45) is 3.14. The topological polar surface area (TPSA) is 38.5 Å². The molecule has 2 N–H and O–H groups in total. The summed E-state index contributed by atoms with van der Waals surface area (Å²) in [6.45, 7) is 8.07. The van der Waals surface area contributed by atoms with Crippen LogP contribution in [0.15, 0.2) is 24.3 Å². The Morgan fingerprint density at radius 2 is 1.90 bits per heavy atom. The number of nitrogens with zero attached hydrogens (tertiary/aromatic N) is 1. The van der Waals surface area contributed by atoms with Crippen molar-refractivity contribution in [2.75, 3.05) is 13.2 Å². The summed E-state index contributed by atoms with van der Waals surface area (Å²) in [5, 5.41) is 0. The normalized spacial score (nSPS) is 34.1. The molecule has 1 aromatic rings. The van der Waals surface area contributed by atoms with Crippen LogP contribution in [-0.2, 0) is 17.8 Å². The Kier molecular flexibility index (Phi) is 3.61. The molecule has 2 heterocycles. The molecular formula is C17H26N2O. The van der Waals surface area contributed by atoms with Crippen LogP contribution in [0.4, 0.5) is 0 Å². The molecular weight excluding hydrogens is 248 g/mol. The van der Waals surface area contributed by atoms with E-state index in [9.17, 15) is 0 Å². The number of hydrogen-bond donors (Lipinski definition) is 1. The van der Waals surface area contributed by atoms with Gasteiger partial charge in [0.05, 0.1) is 5.60 Å². The van der Waals surface area contributed by atoms with E-state index in [1.165, 1.54) is 11.1 Å². The van der Waals surface area contributed by atoms with Gasteiger partial charge < -0.3 is 10.5 Å². The molecule has 0 amide bonds. The number of rotatable bonds is 3. The number of nitrogens with two attached hydrogens (primary N) is 1. The van der Waals surface area contributed by atoms with Crippen molar-refractivity contribution in [1.29, 1.82) is 0 Å². The average molecular weight is 274 g/mol. The van der Waals surface area contributed by atoms with Crippen LogP contribution in [-0.4, -0.2) is 29.2 Å². The minimum Gasteiger partial charge on any atom is -0.375 e. The van der Waals surface area contributed by atoms with E-state index in [-0.39, 0.29) is 11.1 Å². The zero-order valence-electron chi connectivity index (χ0n) is 12.7. The van der Waals surface area contributed by atoms with Gasteiger partial charge in [0.15, 0.2) is 0 Å². The molecule has 2 aliphatic rings. The first-order valence-corrected chi connectivity index (χ1v) is 7.77. The summed E-state index contributed by atoms with van der Waals surface area (Å²) in [4.78, 5) is 2.59. The fourth-order valence-electron chi connectivity index (χ4n) is 3.79. The molecule has 0 bridgehead atoms. The molecule has 3 rings (SSSR count). The maximum absolute atomic E-state index is 6.23. The Labute approximate surface area is 122 Å². The fraction of sp³-hybridized carbons (Fsp3) is 0.647. The van der Waals surface area contributed by atoms with Gasteiger partial charge in [-0.3, -0.25) is 4.90 Å². The maximum atomic E-state index is 6.23. The average Bonchev–Trinajstić information content (AvgIpc) is 2.92. The minimum atomic E-state index is -0.0214. The summed E-state index contributed by atoms with van der Waals surface area (Å²) in [6, 6.07) is 8.77. The van der Waals surface area contributed by atoms with Crippen molar-refractivity contribution in [2.24, 2.45) is 5.73 Å². The monoisotopic (exact) mass is 274 g/mol. The molecule has 2 aliphatic heterocycles. The van der Waals surface area contributed by atoms with Gasteiger partial charge >= 0.3 is 0 Å². The second kappa shape index (κ2) is 5.14. The molecule has 2 unspecified atom stereocenters. The SMILES string of the molecule is CCC1(C)CC(CN)(N2Cc3ccccc3C2)CCO1. The van der Waals surface area contributed by atoms with Crippen molar-refractivity contribution in [2.45, 2.75) is 57.3 Å². The van der Waals surface area contributed by atoms with Crippen LogP contribution in [0.3, 0.4) is 0 Å². The van der Waals surface area contributed by atoms with Gasteiger partial charge in [-0.05, 0) is 37.3 Å². The first-order valence-electron chi connectivity index (χ1n) is 7.77. The standard InChI is InChI=1S/C17H26N2O/c1-3-16(2)12-17(13-18,8-9-20-16)19-10-14-6-4-5-7-15(14)11-19/h4-7H,3,8-13,18H2,1-2H3. The van der Waals surface area contributed by atoms with Crippen molar-refractivity contribution in [1.82, 2.24) is 4.90 Å². The first-order chi connectivity index (χ1) is 9.61. The van der Waals surface area contributed by atoms with E-state index in [2.05, 4.69) is 43.0 Å². The minimum absolute atomic E-state index is 0.0214. The third kappa shape index (κ3) is 2.28. The van der Waals surface area contributed by atoms with Crippen molar-refractivity contribution < 1.29 is 4.74 Å². The predicted molar refractivity (Wildman–Crippen MR) is 81.4 cm³/mol. The highest BCUT2D eigenvalue weighted by molar-refractivity contribution is 5.31. The van der Waals surface area contributed by atoms with Crippen LogP contribution >= 0.6 is 0 Å². The Morgan fingerprint density at radius 3 is 2.45 bits per heavy atom. The number of fused-ring (bicyclic) bond motifs is 1. The zero-order valence-corrected chi connectivity index (χ0v) is 12.7. The molecule has 0 saturated carbocycles. The van der Waals surface area contributed by atoms with Crippen LogP contribution < -0.4 is 5.73 Å². The van der Waals surface area contributed by atoms with E-state index in [0.717, 1.165) is 45.5 Å². The van der Waals surface area contributed by atoms with Crippen LogP contribution in [0, 0.1) is 0 Å². The van der Waals surface area contributed by atoms with Crippen LogP contribution in [0.25, 0.3) is 0 Å². The first kappa shape index (κ1) is 14.1. The fourth-order valence-corrected chi connectivity index (χ4v) is 3.79. The van der Waals surface area contributed by atoms with E-state index >= 15 is 0 Å². The van der Waals surface area contributed by atoms with E-state index in [1.807, 2.05) is 0 Å². The molecule has 3 heteroatoms. The van der Waals surface area contributed by atoms with Gasteiger partial charge in [-0.2, -0.15) is 0 Å². The Balaban J connectivity index is 1.84. The number of hydrogen-bond acceptors (Lipinski definition) is 3. The number of ether oxygens (including phenoxy) is 1. The van der Waals surface area contributed by atoms with Crippen molar-refractivity contribution in [3.8, 4) is 0 Å². The molecule has 2 atom stereocenters. The highest BCUT2D eigenvalue weighted by atomic mass is 16.5. The van der Waals surface area contributed by atoms with Gasteiger partial charge in [-0.15, -0.1) is 0 Å². The Hall–Kier alpha value is -0.900. The lowest BCUT2D eigenvalue weighted by Gasteiger charge is -2.50. The third-order valence-electron chi connectivity index (χ3n) is 5.36. The molecule has 110 valence electrons. The van der Waals surface area contributed by atoms with Gasteiger partial charge in [-0.1, -0.05) is 31.2 Å². The lowest BCUT2D eigenvalue weighted by Crippen LogP contribution is -2.59. The zero-order chi connectivity index (χ0) is 14.2. The lowest BCUT2D eigenvalue weighted by atomic mass is 9.78. The van der Waals surface area contributed by atoms with Gasteiger partial charge in [0, 0.05) is 31.8 Å². The quantitative estimate of drug-likeness (QED) is 0.921. The molecule has 0 radical (unpaired) electrons. The summed E-state index contributed by atoms with van der Waals surface area (Å²) in [7, 11) is 0. The highest BCUT2D eigenvalue weighted by Crippen LogP contribution is 2.41. The van der Waals surface area contributed by atoms with Gasteiger partial charge in [0.25, 0.3) is 0 Å². The summed E-state index contributed by atoms with van der Waals surface area (Å²) in [5.41, 5.74) is 9.24. The largest absolute Gasteiger partial charge is 0.375 e. The smallest absolute Gasteiger partial charge is 0.0670 e. The maximum Gasteiger partial charge on any atom is 0.0670 e. The summed E-state index contributed by atoms with van der Waals surface area (Å²) < 4.78 is 6.03. The molecule has 20 heavy (non-hydrogen) atoms. The molecule has 0 aliphatic carbocycles. The van der Waals surface area contributed by atoms with E-state index in [1.54, 1.807) is 0 Å².